The van der Waals surface area contributed by atoms with Crippen molar-refractivity contribution in [2.24, 2.45) is 0 Å². The number of halogens is 3. The van der Waals surface area contributed by atoms with Crippen LogP contribution in [-0.4, -0.2) is 15.8 Å². The number of hydrogen-bond donors (Lipinski definition) is 1. The van der Waals surface area contributed by atoms with Gasteiger partial charge in [0.05, 0.1) is 16.6 Å². The number of alkyl halides is 3. The molecule has 2 rings (SSSR count). The number of carbonyl (C=O) groups excluding carboxylic acids is 1. The van der Waals surface area contributed by atoms with Gasteiger partial charge in [-0.3, -0.25) is 14.9 Å². The molecule has 0 saturated carbocycles. The van der Waals surface area contributed by atoms with Gasteiger partial charge in [0.1, 0.15) is 5.82 Å². The Kier molecular flexibility index (Phi) is 4.06. The first-order chi connectivity index (χ1) is 10.3. The fourth-order valence-corrected chi connectivity index (χ4v) is 1.60. The number of anilines is 1. The van der Waals surface area contributed by atoms with Crippen LogP contribution >= 0.6 is 0 Å². The first kappa shape index (κ1) is 15.4. The molecular weight excluding hydrogens is 303 g/mol. The van der Waals surface area contributed by atoms with Crippen molar-refractivity contribution in [3.05, 3.63) is 63.8 Å². The summed E-state index contributed by atoms with van der Waals surface area (Å²) in [5, 5.41) is 12.9. The Balaban J connectivity index is 2.15. The van der Waals surface area contributed by atoms with Gasteiger partial charge >= 0.3 is 6.18 Å². The van der Waals surface area contributed by atoms with Crippen molar-refractivity contribution in [1.29, 1.82) is 0 Å². The Morgan fingerprint density at radius 3 is 2.36 bits per heavy atom. The van der Waals surface area contributed by atoms with E-state index in [4.69, 9.17) is 0 Å². The summed E-state index contributed by atoms with van der Waals surface area (Å²) < 4.78 is 37.2. The Bertz CT molecular complexity index is 714. The number of benzene rings is 1. The van der Waals surface area contributed by atoms with Crippen molar-refractivity contribution in [3.8, 4) is 0 Å². The van der Waals surface area contributed by atoms with E-state index in [1.165, 1.54) is 0 Å². The molecule has 1 amide bonds. The lowest BCUT2D eigenvalue weighted by atomic mass is 10.1. The van der Waals surface area contributed by atoms with Crippen LogP contribution < -0.4 is 5.32 Å². The van der Waals surface area contributed by atoms with Gasteiger partial charge in [-0.2, -0.15) is 13.2 Å². The van der Waals surface area contributed by atoms with Crippen LogP contribution in [0.25, 0.3) is 0 Å². The number of hydrogen-bond acceptors (Lipinski definition) is 4. The van der Waals surface area contributed by atoms with E-state index >= 15 is 0 Å². The highest BCUT2D eigenvalue weighted by molar-refractivity contribution is 6.03. The van der Waals surface area contributed by atoms with Crippen molar-refractivity contribution in [2.75, 3.05) is 5.32 Å². The molecule has 0 atom stereocenters. The molecule has 6 nitrogen and oxygen atoms in total. The summed E-state index contributed by atoms with van der Waals surface area (Å²) in [6.07, 6.45) is -3.35. The van der Waals surface area contributed by atoms with Gasteiger partial charge in [-0.05, 0) is 24.3 Å². The molecule has 0 aliphatic heterocycles. The third-order valence-electron chi connectivity index (χ3n) is 2.67. The second-order valence-electron chi connectivity index (χ2n) is 4.19. The number of nitrogens with one attached hydrogen (secondary N) is 1. The van der Waals surface area contributed by atoms with E-state index in [9.17, 15) is 28.1 Å². The van der Waals surface area contributed by atoms with E-state index in [-0.39, 0.29) is 17.1 Å². The van der Waals surface area contributed by atoms with Gasteiger partial charge in [-0.15, -0.1) is 0 Å². The van der Waals surface area contributed by atoms with Crippen LogP contribution in [0.1, 0.15) is 15.9 Å². The monoisotopic (exact) mass is 311 g/mol. The normalized spacial score (nSPS) is 11.0. The SMILES string of the molecule is O=C(Nc1cc([N+](=O)[O-])ccn1)c1ccc(C(F)(F)F)cc1. The summed E-state index contributed by atoms with van der Waals surface area (Å²) >= 11 is 0. The summed E-state index contributed by atoms with van der Waals surface area (Å²) in [4.78, 5) is 25.5. The van der Waals surface area contributed by atoms with Gasteiger partial charge in [0.15, 0.2) is 0 Å². The summed E-state index contributed by atoms with van der Waals surface area (Å²) in [6, 6.07) is 5.76. The van der Waals surface area contributed by atoms with Crippen molar-refractivity contribution >= 4 is 17.4 Å². The predicted octanol–water partition coefficient (Wildman–Crippen LogP) is 3.26. The molecule has 114 valence electrons. The summed E-state index contributed by atoms with van der Waals surface area (Å²) in [5.74, 6) is -0.791. The minimum absolute atomic E-state index is 0.0266. The van der Waals surface area contributed by atoms with Crippen LogP contribution in [0.4, 0.5) is 24.7 Å². The maximum atomic E-state index is 12.4. The van der Waals surface area contributed by atoms with E-state index in [1.54, 1.807) is 0 Å². The molecule has 2 aromatic rings. The number of amides is 1. The lowest BCUT2D eigenvalue weighted by Crippen LogP contribution is -2.13. The number of aromatic nitrogens is 1. The molecule has 0 spiro atoms. The second kappa shape index (κ2) is 5.80. The van der Waals surface area contributed by atoms with Crippen LogP contribution in [0.15, 0.2) is 42.6 Å². The molecule has 0 aliphatic carbocycles. The summed E-state index contributed by atoms with van der Waals surface area (Å²) in [5.41, 5.74) is -1.17. The van der Waals surface area contributed by atoms with Gasteiger partial charge in [-0.25, -0.2) is 4.98 Å². The van der Waals surface area contributed by atoms with Crippen molar-refractivity contribution < 1.29 is 22.9 Å². The van der Waals surface area contributed by atoms with Gasteiger partial charge < -0.3 is 5.32 Å². The molecule has 0 saturated heterocycles. The van der Waals surface area contributed by atoms with E-state index in [1.807, 2.05) is 0 Å². The molecule has 1 heterocycles. The van der Waals surface area contributed by atoms with E-state index in [2.05, 4.69) is 10.3 Å². The van der Waals surface area contributed by atoms with Gasteiger partial charge in [0.2, 0.25) is 0 Å². The molecule has 1 aromatic heterocycles. The summed E-state index contributed by atoms with van der Waals surface area (Å²) in [6.45, 7) is 0. The number of pyridine rings is 1. The average molecular weight is 311 g/mol. The fraction of sp³-hybridized carbons (Fsp3) is 0.0769. The fourth-order valence-electron chi connectivity index (χ4n) is 1.60. The Morgan fingerprint density at radius 2 is 1.82 bits per heavy atom. The zero-order valence-corrected chi connectivity index (χ0v) is 10.8. The molecule has 0 radical (unpaired) electrons. The standard InChI is InChI=1S/C13H8F3N3O3/c14-13(15,16)9-3-1-8(2-4-9)12(20)18-11-7-10(19(21)22)5-6-17-11/h1-7H,(H,17,18,20). The maximum Gasteiger partial charge on any atom is 0.416 e. The van der Waals surface area contributed by atoms with Crippen LogP contribution in [0.5, 0.6) is 0 Å². The molecule has 9 heteroatoms. The van der Waals surface area contributed by atoms with Crippen molar-refractivity contribution in [1.82, 2.24) is 4.98 Å². The molecular formula is C13H8F3N3O3. The van der Waals surface area contributed by atoms with Crippen LogP contribution in [0, 0.1) is 10.1 Å². The van der Waals surface area contributed by atoms with Crippen LogP contribution in [0.2, 0.25) is 0 Å². The molecule has 0 bridgehead atoms. The highest BCUT2D eigenvalue weighted by Gasteiger charge is 2.30. The zero-order valence-electron chi connectivity index (χ0n) is 10.8. The quantitative estimate of drug-likeness (QED) is 0.696. The molecule has 1 N–H and O–H groups in total. The van der Waals surface area contributed by atoms with Crippen LogP contribution in [0.3, 0.4) is 0 Å². The first-order valence-corrected chi connectivity index (χ1v) is 5.86. The smallest absolute Gasteiger partial charge is 0.306 e. The molecule has 1 aromatic carbocycles. The van der Waals surface area contributed by atoms with Gasteiger partial charge in [0, 0.05) is 17.8 Å². The van der Waals surface area contributed by atoms with Crippen LogP contribution in [-0.2, 0) is 6.18 Å². The molecule has 0 fully saturated rings. The van der Waals surface area contributed by atoms with Crippen molar-refractivity contribution in [2.45, 2.75) is 6.18 Å². The van der Waals surface area contributed by atoms with Crippen molar-refractivity contribution in [3.63, 3.8) is 0 Å². The lowest BCUT2D eigenvalue weighted by molar-refractivity contribution is -0.384. The highest BCUT2D eigenvalue weighted by Crippen LogP contribution is 2.29. The van der Waals surface area contributed by atoms with Gasteiger partial charge in [-0.1, -0.05) is 0 Å². The second-order valence-corrected chi connectivity index (χ2v) is 4.19. The molecule has 22 heavy (non-hydrogen) atoms. The van der Waals surface area contributed by atoms with Gasteiger partial charge in [0.25, 0.3) is 11.6 Å². The summed E-state index contributed by atoms with van der Waals surface area (Å²) in [7, 11) is 0. The number of nitrogens with zero attached hydrogens (tertiary/aromatic N) is 2. The third kappa shape index (κ3) is 3.57. The first-order valence-electron chi connectivity index (χ1n) is 5.86. The lowest BCUT2D eigenvalue weighted by Gasteiger charge is -2.08. The largest absolute Gasteiger partial charge is 0.416 e. The third-order valence-corrected chi connectivity index (χ3v) is 2.67. The minimum atomic E-state index is -4.49. The van der Waals surface area contributed by atoms with E-state index in [0.29, 0.717) is 0 Å². The minimum Gasteiger partial charge on any atom is -0.306 e. The molecule has 0 aliphatic rings. The molecule has 0 unspecified atom stereocenters. The number of nitro groups is 1. The highest BCUT2D eigenvalue weighted by atomic mass is 19.4. The predicted molar refractivity (Wildman–Crippen MR) is 70.3 cm³/mol. The average Bonchev–Trinajstić information content (AvgIpc) is 2.46. The maximum absolute atomic E-state index is 12.4. The topological polar surface area (TPSA) is 85.1 Å². The Hall–Kier alpha value is -2.97. The Morgan fingerprint density at radius 1 is 1.18 bits per heavy atom. The van der Waals surface area contributed by atoms with E-state index < -0.39 is 22.6 Å². The number of carbonyl (C=O) groups is 1. The Labute approximate surface area is 121 Å². The van der Waals surface area contributed by atoms with E-state index in [0.717, 1.165) is 42.6 Å². The zero-order chi connectivity index (χ0) is 16.3. The number of rotatable bonds is 3.